The first-order chi connectivity index (χ1) is 9.86. The second-order valence-electron chi connectivity index (χ2n) is 4.60. The standard InChI is InChI=1S/C10H11BrFN5O4/c11-10(12)5(19)3(1-18)21-8(10)17-2-14-4-6(17)15-9(13)16-7(4)20/h2-3,5,8,18-19H,1H2,(H3,13,15,16,20)/t3-,5?,8-,10-/m1/s1. The number of aliphatic hydroxyl groups excluding tert-OH is 2. The minimum atomic E-state index is -2.38. The van der Waals surface area contributed by atoms with Crippen LogP contribution in [0.2, 0.25) is 0 Å². The van der Waals surface area contributed by atoms with Crippen molar-refractivity contribution in [3.05, 3.63) is 16.7 Å². The molecule has 0 saturated carbocycles. The molecule has 1 unspecified atom stereocenters. The van der Waals surface area contributed by atoms with E-state index in [4.69, 9.17) is 15.6 Å². The zero-order valence-corrected chi connectivity index (χ0v) is 12.0. The molecule has 0 aromatic carbocycles. The number of halogens is 2. The molecule has 0 spiro atoms. The Hall–Kier alpha value is -1.56. The third-order valence-corrected chi connectivity index (χ3v) is 4.12. The van der Waals surface area contributed by atoms with Crippen LogP contribution in [0.4, 0.5) is 10.3 Å². The molecule has 1 aliphatic rings. The average molecular weight is 364 g/mol. The summed E-state index contributed by atoms with van der Waals surface area (Å²) in [5.41, 5.74) is 4.84. The molecule has 114 valence electrons. The smallest absolute Gasteiger partial charge is 0.280 e. The van der Waals surface area contributed by atoms with E-state index in [-0.39, 0.29) is 17.1 Å². The van der Waals surface area contributed by atoms with Gasteiger partial charge in [-0.1, -0.05) is 0 Å². The highest BCUT2D eigenvalue weighted by Gasteiger charge is 2.57. The fraction of sp³-hybridized carbons (Fsp3) is 0.500. The Bertz CT molecular complexity index is 747. The van der Waals surface area contributed by atoms with Gasteiger partial charge in [-0.05, 0) is 15.9 Å². The summed E-state index contributed by atoms with van der Waals surface area (Å²) in [5, 5.41) is 18.9. The van der Waals surface area contributed by atoms with Gasteiger partial charge in [0.25, 0.3) is 5.56 Å². The van der Waals surface area contributed by atoms with Gasteiger partial charge in [0.05, 0.1) is 12.9 Å². The summed E-state index contributed by atoms with van der Waals surface area (Å²) in [5.74, 6) is -0.162. The van der Waals surface area contributed by atoms with E-state index in [9.17, 15) is 14.3 Å². The molecule has 5 N–H and O–H groups in total. The second-order valence-corrected chi connectivity index (χ2v) is 5.82. The first-order valence-corrected chi connectivity index (χ1v) is 6.70. The SMILES string of the molecule is Nc1nc2c(ncn2[C@@H]2O[C@H](CO)C(O)[C@]2(F)Br)c(=O)[nH]1. The number of nitrogens with two attached hydrogens (primary N) is 1. The summed E-state index contributed by atoms with van der Waals surface area (Å²) < 4.78 is 18.7. The van der Waals surface area contributed by atoms with Crippen LogP contribution in [0.3, 0.4) is 0 Å². The molecule has 1 aliphatic heterocycles. The lowest BCUT2D eigenvalue weighted by Gasteiger charge is -2.22. The van der Waals surface area contributed by atoms with Crippen LogP contribution in [0.1, 0.15) is 6.23 Å². The predicted octanol–water partition coefficient (Wildman–Crippen LogP) is -0.987. The Morgan fingerprint density at radius 3 is 3.00 bits per heavy atom. The molecular weight excluding hydrogens is 353 g/mol. The number of nitrogen functional groups attached to an aromatic ring is 1. The Labute approximate surface area is 124 Å². The Morgan fingerprint density at radius 2 is 2.38 bits per heavy atom. The largest absolute Gasteiger partial charge is 0.394 e. The van der Waals surface area contributed by atoms with Crippen LogP contribution in [0, 0.1) is 0 Å². The number of H-pyrrole nitrogens is 1. The van der Waals surface area contributed by atoms with Gasteiger partial charge in [0.15, 0.2) is 17.4 Å². The lowest BCUT2D eigenvalue weighted by atomic mass is 10.1. The fourth-order valence-corrected chi connectivity index (χ4v) is 2.86. The third kappa shape index (κ3) is 2.04. The van der Waals surface area contributed by atoms with Crippen LogP contribution in [-0.2, 0) is 4.74 Å². The zero-order chi connectivity index (χ0) is 15.4. The van der Waals surface area contributed by atoms with Gasteiger partial charge in [-0.3, -0.25) is 14.3 Å². The number of nitrogens with zero attached hydrogens (tertiary/aromatic N) is 3. The van der Waals surface area contributed by atoms with Crippen molar-refractivity contribution >= 4 is 33.0 Å². The van der Waals surface area contributed by atoms with Crippen LogP contribution in [-0.4, -0.2) is 53.1 Å². The molecule has 0 bridgehead atoms. The van der Waals surface area contributed by atoms with E-state index < -0.39 is 35.2 Å². The lowest BCUT2D eigenvalue weighted by molar-refractivity contribution is -0.0472. The summed E-state index contributed by atoms with van der Waals surface area (Å²) in [6.07, 6.45) is -2.96. The third-order valence-electron chi connectivity index (χ3n) is 3.26. The number of alkyl halides is 2. The summed E-state index contributed by atoms with van der Waals surface area (Å²) in [4.78, 5) is 21.7. The molecule has 2 aromatic heterocycles. The highest BCUT2D eigenvalue weighted by Crippen LogP contribution is 2.46. The molecule has 0 aliphatic carbocycles. The summed E-state index contributed by atoms with van der Waals surface area (Å²) in [6, 6.07) is 0. The van der Waals surface area contributed by atoms with E-state index in [2.05, 4.69) is 30.9 Å². The van der Waals surface area contributed by atoms with E-state index in [1.165, 1.54) is 0 Å². The zero-order valence-electron chi connectivity index (χ0n) is 10.4. The molecule has 21 heavy (non-hydrogen) atoms. The van der Waals surface area contributed by atoms with E-state index in [1.54, 1.807) is 0 Å². The number of rotatable bonds is 2. The first-order valence-electron chi connectivity index (χ1n) is 5.90. The molecule has 1 fully saturated rings. The molecule has 4 atom stereocenters. The van der Waals surface area contributed by atoms with Crippen molar-refractivity contribution < 1.29 is 19.3 Å². The Morgan fingerprint density at radius 1 is 1.67 bits per heavy atom. The number of aromatic amines is 1. The molecular formula is C10H11BrFN5O4. The van der Waals surface area contributed by atoms with E-state index in [0.717, 1.165) is 10.9 Å². The second kappa shape index (κ2) is 4.73. The number of aliphatic hydroxyl groups is 2. The summed E-state index contributed by atoms with van der Waals surface area (Å²) >= 11 is 2.75. The quantitative estimate of drug-likeness (QED) is 0.502. The molecule has 2 aromatic rings. The van der Waals surface area contributed by atoms with Crippen LogP contribution >= 0.6 is 15.9 Å². The molecule has 11 heteroatoms. The maximum atomic E-state index is 14.6. The molecule has 0 amide bonds. The Balaban J connectivity index is 2.15. The molecule has 3 rings (SSSR count). The highest BCUT2D eigenvalue weighted by molar-refractivity contribution is 9.10. The van der Waals surface area contributed by atoms with Crippen LogP contribution in [0.25, 0.3) is 11.2 Å². The number of fused-ring (bicyclic) bond motifs is 1. The van der Waals surface area contributed by atoms with Gasteiger partial charge in [-0.15, -0.1) is 0 Å². The predicted molar refractivity (Wildman–Crippen MR) is 72.3 cm³/mol. The number of hydrogen-bond donors (Lipinski definition) is 4. The summed E-state index contributed by atoms with van der Waals surface area (Å²) in [7, 11) is 0. The van der Waals surface area contributed by atoms with E-state index in [1.807, 2.05) is 0 Å². The average Bonchev–Trinajstić information content (AvgIpc) is 2.91. The highest BCUT2D eigenvalue weighted by atomic mass is 79.9. The van der Waals surface area contributed by atoms with Gasteiger partial charge in [-0.2, -0.15) is 4.98 Å². The first kappa shape index (κ1) is 14.4. The lowest BCUT2D eigenvalue weighted by Crippen LogP contribution is -2.38. The Kier molecular flexibility index (Phi) is 3.24. The molecule has 1 saturated heterocycles. The number of aromatic nitrogens is 4. The number of nitrogens with one attached hydrogen (secondary N) is 1. The van der Waals surface area contributed by atoms with Crippen LogP contribution in [0.5, 0.6) is 0 Å². The molecule has 0 radical (unpaired) electrons. The molecule has 3 heterocycles. The van der Waals surface area contributed by atoms with Gasteiger partial charge in [0.2, 0.25) is 10.5 Å². The van der Waals surface area contributed by atoms with Gasteiger partial charge >= 0.3 is 0 Å². The van der Waals surface area contributed by atoms with Gasteiger partial charge in [0, 0.05) is 0 Å². The van der Waals surface area contributed by atoms with Crippen molar-refractivity contribution in [1.82, 2.24) is 19.5 Å². The van der Waals surface area contributed by atoms with Gasteiger partial charge < -0.3 is 20.7 Å². The van der Waals surface area contributed by atoms with E-state index in [0.29, 0.717) is 0 Å². The number of imidazole rings is 1. The van der Waals surface area contributed by atoms with Gasteiger partial charge in [0.1, 0.15) is 12.2 Å². The normalized spacial score (nSPS) is 32.9. The summed E-state index contributed by atoms with van der Waals surface area (Å²) in [6.45, 7) is -0.572. The van der Waals surface area contributed by atoms with Crippen molar-refractivity contribution in [2.24, 2.45) is 0 Å². The van der Waals surface area contributed by atoms with Crippen LogP contribution < -0.4 is 11.3 Å². The maximum Gasteiger partial charge on any atom is 0.280 e. The number of ether oxygens (including phenoxy) is 1. The maximum absolute atomic E-state index is 14.6. The van der Waals surface area contributed by atoms with Crippen molar-refractivity contribution in [2.75, 3.05) is 12.3 Å². The van der Waals surface area contributed by atoms with Gasteiger partial charge in [-0.25, -0.2) is 9.37 Å². The van der Waals surface area contributed by atoms with Crippen molar-refractivity contribution in [1.29, 1.82) is 0 Å². The van der Waals surface area contributed by atoms with Crippen molar-refractivity contribution in [2.45, 2.75) is 23.0 Å². The fourth-order valence-electron chi connectivity index (χ4n) is 2.23. The topological polar surface area (TPSA) is 139 Å². The minimum Gasteiger partial charge on any atom is -0.394 e. The van der Waals surface area contributed by atoms with Crippen molar-refractivity contribution in [3.63, 3.8) is 0 Å². The minimum absolute atomic E-state index is 0.00788. The van der Waals surface area contributed by atoms with E-state index >= 15 is 0 Å². The van der Waals surface area contributed by atoms with Crippen LogP contribution in [0.15, 0.2) is 11.1 Å². The molecule has 9 nitrogen and oxygen atoms in total. The number of hydrogen-bond acceptors (Lipinski definition) is 7. The monoisotopic (exact) mass is 363 g/mol. The van der Waals surface area contributed by atoms with Crippen molar-refractivity contribution in [3.8, 4) is 0 Å². The number of anilines is 1.